The Morgan fingerprint density at radius 2 is 2.25 bits per heavy atom. The quantitative estimate of drug-likeness (QED) is 0.788. The van der Waals surface area contributed by atoms with E-state index < -0.39 is 0 Å². The molecule has 3 heteroatoms. The van der Waals surface area contributed by atoms with E-state index in [0.717, 1.165) is 6.54 Å². The predicted molar refractivity (Wildman–Crippen MR) is 65.5 cm³/mol. The van der Waals surface area contributed by atoms with Gasteiger partial charge >= 0.3 is 0 Å². The average Bonchev–Trinajstić information content (AvgIpc) is 2.75. The number of aromatic nitrogens is 2. The first-order valence-electron chi connectivity index (χ1n) is 5.70. The van der Waals surface area contributed by atoms with E-state index in [9.17, 15) is 0 Å². The van der Waals surface area contributed by atoms with Gasteiger partial charge in [-0.3, -0.25) is 4.68 Å². The fourth-order valence-corrected chi connectivity index (χ4v) is 2.36. The van der Waals surface area contributed by atoms with Crippen molar-refractivity contribution in [1.82, 2.24) is 9.78 Å². The Morgan fingerprint density at radius 1 is 1.31 bits per heavy atom. The number of benzene rings is 1. The third-order valence-electron chi connectivity index (χ3n) is 3.17. The molecule has 1 aromatic carbocycles. The van der Waals surface area contributed by atoms with Crippen LogP contribution in [0.2, 0.25) is 0 Å². The number of anilines is 1. The Labute approximate surface area is 95.1 Å². The van der Waals surface area contributed by atoms with Gasteiger partial charge in [0.15, 0.2) is 0 Å². The second kappa shape index (κ2) is 3.67. The molecule has 1 aliphatic rings. The topological polar surface area (TPSA) is 29.9 Å². The third kappa shape index (κ3) is 1.40. The van der Waals surface area contributed by atoms with Gasteiger partial charge in [-0.15, -0.1) is 0 Å². The summed E-state index contributed by atoms with van der Waals surface area (Å²) in [4.78, 5) is 0. The summed E-state index contributed by atoms with van der Waals surface area (Å²) in [5.74, 6) is 0. The lowest BCUT2D eigenvalue weighted by Gasteiger charge is -2.21. The summed E-state index contributed by atoms with van der Waals surface area (Å²) in [7, 11) is 1.98. The highest BCUT2D eigenvalue weighted by atomic mass is 15.3. The average molecular weight is 213 g/mol. The van der Waals surface area contributed by atoms with Crippen molar-refractivity contribution in [2.24, 2.45) is 7.05 Å². The zero-order valence-electron chi connectivity index (χ0n) is 9.40. The molecular weight excluding hydrogens is 198 g/mol. The number of aryl methyl sites for hydroxylation is 2. The molecule has 0 amide bonds. The highest BCUT2D eigenvalue weighted by Crippen LogP contribution is 2.33. The summed E-state index contributed by atoms with van der Waals surface area (Å²) in [6.07, 6.45) is 4.24. The first kappa shape index (κ1) is 9.46. The molecule has 82 valence electrons. The van der Waals surface area contributed by atoms with Crippen LogP contribution in [0.3, 0.4) is 0 Å². The Hall–Kier alpha value is -1.77. The lowest BCUT2D eigenvalue weighted by atomic mass is 9.98. The van der Waals surface area contributed by atoms with Gasteiger partial charge in [0.1, 0.15) is 0 Å². The monoisotopic (exact) mass is 213 g/mol. The maximum absolute atomic E-state index is 4.23. The maximum atomic E-state index is 4.23. The molecule has 1 aromatic heterocycles. The van der Waals surface area contributed by atoms with E-state index in [-0.39, 0.29) is 0 Å². The molecule has 1 aliphatic heterocycles. The molecule has 0 fully saturated rings. The Morgan fingerprint density at radius 3 is 3.06 bits per heavy atom. The van der Waals surface area contributed by atoms with Crippen LogP contribution in [0.5, 0.6) is 0 Å². The number of hydrogen-bond donors (Lipinski definition) is 1. The zero-order valence-corrected chi connectivity index (χ0v) is 9.40. The van der Waals surface area contributed by atoms with Crippen LogP contribution in [0.25, 0.3) is 11.3 Å². The molecule has 3 rings (SSSR count). The van der Waals surface area contributed by atoms with Crippen molar-refractivity contribution in [3.63, 3.8) is 0 Å². The van der Waals surface area contributed by atoms with E-state index in [4.69, 9.17) is 0 Å². The molecule has 2 aromatic rings. The lowest BCUT2D eigenvalue weighted by Crippen LogP contribution is -2.13. The minimum atomic E-state index is 1.07. The van der Waals surface area contributed by atoms with Crippen molar-refractivity contribution in [2.75, 3.05) is 11.9 Å². The van der Waals surface area contributed by atoms with Crippen LogP contribution in [0.4, 0.5) is 5.69 Å². The number of nitrogens with one attached hydrogen (secondary N) is 1. The minimum absolute atomic E-state index is 1.07. The largest absolute Gasteiger partial charge is 0.384 e. The summed E-state index contributed by atoms with van der Waals surface area (Å²) in [5.41, 5.74) is 5.14. The molecule has 0 bridgehead atoms. The van der Waals surface area contributed by atoms with E-state index in [2.05, 4.69) is 34.7 Å². The van der Waals surface area contributed by atoms with Crippen LogP contribution in [-0.2, 0) is 13.5 Å². The van der Waals surface area contributed by atoms with E-state index >= 15 is 0 Å². The fourth-order valence-electron chi connectivity index (χ4n) is 2.36. The summed E-state index contributed by atoms with van der Waals surface area (Å²) < 4.78 is 1.92. The number of fused-ring (bicyclic) bond motifs is 1. The molecule has 0 atom stereocenters. The molecular formula is C13H15N3. The summed E-state index contributed by atoms with van der Waals surface area (Å²) in [5, 5.41) is 7.74. The Balaban J connectivity index is 2.18. The second-order valence-corrected chi connectivity index (χ2v) is 4.21. The number of rotatable bonds is 1. The molecule has 3 nitrogen and oxygen atoms in total. The smallest absolute Gasteiger partial charge is 0.0699 e. The van der Waals surface area contributed by atoms with Crippen molar-refractivity contribution < 1.29 is 0 Å². The molecule has 0 saturated carbocycles. The SMILES string of the molecule is Cn1nccc1-c1cccc2c1NCCC2. The normalized spacial score (nSPS) is 14.3. The second-order valence-electron chi connectivity index (χ2n) is 4.21. The van der Waals surface area contributed by atoms with E-state index in [1.807, 2.05) is 17.9 Å². The standard InChI is InChI=1S/C13H15N3/c1-16-12(7-9-15-16)11-6-2-4-10-5-3-8-14-13(10)11/h2,4,6-7,9,14H,3,5,8H2,1H3. The van der Waals surface area contributed by atoms with Gasteiger partial charge in [0.2, 0.25) is 0 Å². The van der Waals surface area contributed by atoms with E-state index in [0.29, 0.717) is 0 Å². The third-order valence-corrected chi connectivity index (χ3v) is 3.17. The maximum Gasteiger partial charge on any atom is 0.0699 e. The number of hydrogen-bond acceptors (Lipinski definition) is 2. The predicted octanol–water partition coefficient (Wildman–Crippen LogP) is 2.45. The van der Waals surface area contributed by atoms with Crippen molar-refractivity contribution in [3.8, 4) is 11.3 Å². The fraction of sp³-hybridized carbons (Fsp3) is 0.308. The number of para-hydroxylation sites is 1. The van der Waals surface area contributed by atoms with Crippen molar-refractivity contribution in [3.05, 3.63) is 36.0 Å². The molecule has 0 unspecified atom stereocenters. The summed E-state index contributed by atoms with van der Waals surface area (Å²) in [6, 6.07) is 8.57. The molecule has 16 heavy (non-hydrogen) atoms. The first-order chi connectivity index (χ1) is 7.86. The van der Waals surface area contributed by atoms with Crippen LogP contribution < -0.4 is 5.32 Å². The van der Waals surface area contributed by atoms with Gasteiger partial charge in [-0.05, 0) is 24.5 Å². The van der Waals surface area contributed by atoms with Crippen LogP contribution in [0.1, 0.15) is 12.0 Å². The minimum Gasteiger partial charge on any atom is -0.384 e. The zero-order chi connectivity index (χ0) is 11.0. The van der Waals surface area contributed by atoms with Crippen LogP contribution >= 0.6 is 0 Å². The molecule has 0 saturated heterocycles. The van der Waals surface area contributed by atoms with Crippen LogP contribution in [0.15, 0.2) is 30.5 Å². The summed E-state index contributed by atoms with van der Waals surface area (Å²) >= 11 is 0. The van der Waals surface area contributed by atoms with E-state index in [1.165, 1.54) is 35.3 Å². The van der Waals surface area contributed by atoms with Gasteiger partial charge in [-0.1, -0.05) is 18.2 Å². The van der Waals surface area contributed by atoms with Gasteiger partial charge in [0.25, 0.3) is 0 Å². The van der Waals surface area contributed by atoms with Crippen LogP contribution in [-0.4, -0.2) is 16.3 Å². The lowest BCUT2D eigenvalue weighted by molar-refractivity contribution is 0.774. The number of nitrogens with zero attached hydrogens (tertiary/aromatic N) is 2. The molecule has 0 aliphatic carbocycles. The first-order valence-corrected chi connectivity index (χ1v) is 5.70. The van der Waals surface area contributed by atoms with E-state index in [1.54, 1.807) is 0 Å². The Kier molecular flexibility index (Phi) is 2.17. The Bertz CT molecular complexity index is 514. The highest BCUT2D eigenvalue weighted by molar-refractivity contribution is 5.79. The van der Waals surface area contributed by atoms with Crippen LogP contribution in [0, 0.1) is 0 Å². The molecule has 0 spiro atoms. The van der Waals surface area contributed by atoms with Crippen molar-refractivity contribution >= 4 is 5.69 Å². The molecule has 0 radical (unpaired) electrons. The van der Waals surface area contributed by atoms with Gasteiger partial charge in [0.05, 0.1) is 5.69 Å². The molecule has 2 heterocycles. The van der Waals surface area contributed by atoms with Gasteiger partial charge in [0, 0.05) is 31.0 Å². The van der Waals surface area contributed by atoms with Crippen molar-refractivity contribution in [1.29, 1.82) is 0 Å². The van der Waals surface area contributed by atoms with Gasteiger partial charge in [-0.25, -0.2) is 0 Å². The van der Waals surface area contributed by atoms with Gasteiger partial charge < -0.3 is 5.32 Å². The highest BCUT2D eigenvalue weighted by Gasteiger charge is 2.14. The summed E-state index contributed by atoms with van der Waals surface area (Å²) in [6.45, 7) is 1.07. The molecule has 1 N–H and O–H groups in total. The van der Waals surface area contributed by atoms with Crippen molar-refractivity contribution in [2.45, 2.75) is 12.8 Å². The van der Waals surface area contributed by atoms with Gasteiger partial charge in [-0.2, -0.15) is 5.10 Å².